The number of hydrogen-bond donors (Lipinski definition) is 4. The summed E-state index contributed by atoms with van der Waals surface area (Å²) in [6.07, 6.45) is -0.496. The SMILES string of the molecule is C/N=C(\S)NC(=O)CNC(=O)c1cccc(C(C)(C)CNC(=O)OC(C)(C)C)c1. The van der Waals surface area contributed by atoms with E-state index in [0.717, 1.165) is 5.56 Å². The maximum absolute atomic E-state index is 12.4. The van der Waals surface area contributed by atoms with Gasteiger partial charge in [-0.25, -0.2) is 4.79 Å². The number of carbonyl (C=O) groups is 3. The topological polar surface area (TPSA) is 109 Å². The van der Waals surface area contributed by atoms with Crippen LogP contribution in [0.4, 0.5) is 4.79 Å². The molecule has 0 bridgehead atoms. The van der Waals surface area contributed by atoms with Gasteiger partial charge in [0.25, 0.3) is 5.91 Å². The third-order valence-corrected chi connectivity index (χ3v) is 4.16. The quantitative estimate of drug-likeness (QED) is 0.320. The fourth-order valence-electron chi connectivity index (χ4n) is 2.28. The zero-order valence-corrected chi connectivity index (χ0v) is 18.6. The van der Waals surface area contributed by atoms with Crippen LogP contribution in [-0.2, 0) is 14.9 Å². The van der Waals surface area contributed by atoms with E-state index in [-0.39, 0.29) is 17.6 Å². The number of thiol groups is 1. The van der Waals surface area contributed by atoms with Gasteiger partial charge in [0, 0.05) is 24.6 Å². The Hall–Kier alpha value is -2.55. The lowest BCUT2D eigenvalue weighted by atomic mass is 9.84. The highest BCUT2D eigenvalue weighted by molar-refractivity contribution is 7.96. The Labute approximate surface area is 177 Å². The number of nitrogens with zero attached hydrogens (tertiary/aromatic N) is 1. The number of ether oxygens (including phenoxy) is 1. The largest absolute Gasteiger partial charge is 0.444 e. The zero-order chi connectivity index (χ0) is 22.2. The van der Waals surface area contributed by atoms with E-state index >= 15 is 0 Å². The number of amidine groups is 1. The van der Waals surface area contributed by atoms with Crippen molar-refractivity contribution >= 4 is 35.7 Å². The monoisotopic (exact) mass is 422 g/mol. The number of amides is 3. The Morgan fingerprint density at radius 2 is 1.76 bits per heavy atom. The molecule has 1 aromatic carbocycles. The van der Waals surface area contributed by atoms with Gasteiger partial charge in [-0.3, -0.25) is 14.6 Å². The maximum Gasteiger partial charge on any atom is 0.407 e. The Bertz CT molecular complexity index is 785. The summed E-state index contributed by atoms with van der Waals surface area (Å²) in [6.45, 7) is 9.42. The van der Waals surface area contributed by atoms with Crippen molar-refractivity contribution in [2.24, 2.45) is 4.99 Å². The summed E-state index contributed by atoms with van der Waals surface area (Å²) in [5.74, 6) is -0.806. The van der Waals surface area contributed by atoms with Crippen LogP contribution in [0.5, 0.6) is 0 Å². The lowest BCUT2D eigenvalue weighted by molar-refractivity contribution is -0.118. The minimum absolute atomic E-state index is 0.172. The summed E-state index contributed by atoms with van der Waals surface area (Å²) in [5, 5.41) is 7.91. The second kappa shape index (κ2) is 10.3. The maximum atomic E-state index is 12.4. The van der Waals surface area contributed by atoms with Crippen molar-refractivity contribution < 1.29 is 19.1 Å². The van der Waals surface area contributed by atoms with Gasteiger partial charge in [-0.05, 0) is 38.5 Å². The predicted molar refractivity (Wildman–Crippen MR) is 117 cm³/mol. The lowest BCUT2D eigenvalue weighted by Crippen LogP contribution is -2.40. The van der Waals surface area contributed by atoms with Crippen molar-refractivity contribution in [3.8, 4) is 0 Å². The Morgan fingerprint density at radius 3 is 2.34 bits per heavy atom. The highest BCUT2D eigenvalue weighted by Gasteiger charge is 2.24. The van der Waals surface area contributed by atoms with Gasteiger partial charge in [0.05, 0.1) is 6.54 Å². The minimum atomic E-state index is -0.574. The molecular weight excluding hydrogens is 392 g/mol. The van der Waals surface area contributed by atoms with Gasteiger partial charge in [0.1, 0.15) is 5.60 Å². The van der Waals surface area contributed by atoms with Crippen LogP contribution in [0.15, 0.2) is 29.3 Å². The first-order valence-electron chi connectivity index (χ1n) is 9.15. The Kier molecular flexibility index (Phi) is 8.69. The molecule has 0 unspecified atom stereocenters. The molecule has 3 amide bonds. The zero-order valence-electron chi connectivity index (χ0n) is 17.8. The van der Waals surface area contributed by atoms with Crippen LogP contribution in [0.25, 0.3) is 0 Å². The first-order valence-corrected chi connectivity index (χ1v) is 9.60. The number of nitrogens with one attached hydrogen (secondary N) is 3. The fourth-order valence-corrected chi connectivity index (χ4v) is 2.40. The number of hydrogen-bond acceptors (Lipinski definition) is 5. The van der Waals surface area contributed by atoms with E-state index in [1.54, 1.807) is 39.0 Å². The summed E-state index contributed by atoms with van der Waals surface area (Å²) in [5.41, 5.74) is 0.260. The second-order valence-electron chi connectivity index (χ2n) is 8.10. The standard InChI is InChI=1S/C20H30N4O4S/c1-19(2,3)28-18(27)23-12-20(4,5)14-9-7-8-13(10-14)16(26)22-11-15(25)24-17(29)21-6/h7-10H,11-12H2,1-6H3,(H,22,26)(H,23,27)(H2,21,24,25,29). The van der Waals surface area contributed by atoms with Crippen molar-refractivity contribution in [2.75, 3.05) is 20.1 Å². The van der Waals surface area contributed by atoms with Crippen molar-refractivity contribution in [3.63, 3.8) is 0 Å². The van der Waals surface area contributed by atoms with E-state index in [2.05, 4.69) is 33.6 Å². The van der Waals surface area contributed by atoms with Crippen LogP contribution in [-0.4, -0.2) is 48.8 Å². The van der Waals surface area contributed by atoms with Gasteiger partial charge in [-0.15, -0.1) is 12.6 Å². The predicted octanol–water partition coefficient (Wildman–Crippen LogP) is 2.25. The van der Waals surface area contributed by atoms with Crippen LogP contribution in [0, 0.1) is 0 Å². The first-order chi connectivity index (χ1) is 13.3. The van der Waals surface area contributed by atoms with E-state index < -0.39 is 23.0 Å². The molecule has 1 aromatic rings. The number of alkyl carbamates (subject to hydrolysis) is 1. The molecule has 3 N–H and O–H groups in total. The smallest absolute Gasteiger partial charge is 0.407 e. The average molecular weight is 423 g/mol. The van der Waals surface area contributed by atoms with Crippen LogP contribution in [0.1, 0.15) is 50.5 Å². The van der Waals surface area contributed by atoms with E-state index in [9.17, 15) is 14.4 Å². The van der Waals surface area contributed by atoms with Gasteiger partial charge in [-0.1, -0.05) is 26.0 Å². The number of aliphatic imine (C=N–C) groups is 1. The molecule has 160 valence electrons. The highest BCUT2D eigenvalue weighted by atomic mass is 32.1. The normalized spacial score (nSPS) is 12.2. The molecule has 29 heavy (non-hydrogen) atoms. The summed E-state index contributed by atoms with van der Waals surface area (Å²) in [6, 6.07) is 7.04. The van der Waals surface area contributed by atoms with Crippen LogP contribution >= 0.6 is 12.6 Å². The summed E-state index contributed by atoms with van der Waals surface area (Å²) < 4.78 is 5.25. The average Bonchev–Trinajstić information content (AvgIpc) is 2.63. The van der Waals surface area contributed by atoms with E-state index in [1.807, 2.05) is 19.9 Å². The molecule has 0 aliphatic carbocycles. The van der Waals surface area contributed by atoms with Gasteiger partial charge in [0.2, 0.25) is 5.91 Å². The molecule has 0 aliphatic rings. The molecule has 0 fully saturated rings. The Morgan fingerprint density at radius 1 is 1.10 bits per heavy atom. The molecule has 0 heterocycles. The van der Waals surface area contributed by atoms with Crippen LogP contribution in [0.2, 0.25) is 0 Å². The van der Waals surface area contributed by atoms with Gasteiger partial charge in [-0.2, -0.15) is 0 Å². The van der Waals surface area contributed by atoms with Crippen LogP contribution in [0.3, 0.4) is 0 Å². The second-order valence-corrected chi connectivity index (χ2v) is 8.52. The highest BCUT2D eigenvalue weighted by Crippen LogP contribution is 2.23. The van der Waals surface area contributed by atoms with Gasteiger partial charge in [0.15, 0.2) is 5.17 Å². The molecular formula is C20H30N4O4S. The number of carbonyl (C=O) groups excluding carboxylic acids is 3. The molecule has 0 saturated carbocycles. The molecule has 0 saturated heterocycles. The summed E-state index contributed by atoms with van der Waals surface area (Å²) in [4.78, 5) is 39.7. The van der Waals surface area contributed by atoms with Gasteiger partial charge < -0.3 is 20.7 Å². The minimum Gasteiger partial charge on any atom is -0.444 e. The summed E-state index contributed by atoms with van der Waals surface area (Å²) >= 11 is 3.95. The van der Waals surface area contributed by atoms with E-state index in [1.165, 1.54) is 7.05 Å². The van der Waals surface area contributed by atoms with Crippen molar-refractivity contribution in [1.82, 2.24) is 16.0 Å². The Balaban J connectivity index is 2.73. The van der Waals surface area contributed by atoms with Crippen molar-refractivity contribution in [3.05, 3.63) is 35.4 Å². The molecule has 0 aromatic heterocycles. The third kappa shape index (κ3) is 8.99. The molecule has 0 radical (unpaired) electrons. The molecule has 0 spiro atoms. The summed E-state index contributed by atoms with van der Waals surface area (Å²) in [7, 11) is 1.49. The van der Waals surface area contributed by atoms with Crippen LogP contribution < -0.4 is 16.0 Å². The van der Waals surface area contributed by atoms with E-state index in [0.29, 0.717) is 12.1 Å². The number of rotatable bonds is 6. The van der Waals surface area contributed by atoms with Gasteiger partial charge >= 0.3 is 6.09 Å². The molecule has 0 aliphatic heterocycles. The molecule has 9 heteroatoms. The third-order valence-electron chi connectivity index (χ3n) is 3.85. The molecule has 0 atom stereocenters. The van der Waals surface area contributed by atoms with Crippen molar-refractivity contribution in [1.29, 1.82) is 0 Å². The van der Waals surface area contributed by atoms with Crippen molar-refractivity contribution in [2.45, 2.75) is 45.6 Å². The lowest BCUT2D eigenvalue weighted by Gasteiger charge is -2.27. The van der Waals surface area contributed by atoms with E-state index in [4.69, 9.17) is 4.74 Å². The fraction of sp³-hybridized carbons (Fsp3) is 0.500. The first kappa shape index (κ1) is 24.5. The number of benzene rings is 1. The molecule has 1 rings (SSSR count). The molecule has 8 nitrogen and oxygen atoms in total.